The van der Waals surface area contributed by atoms with Gasteiger partial charge in [0, 0.05) is 17.2 Å². The molecular formula is C13H10N2O2S. The highest BCUT2D eigenvalue weighted by molar-refractivity contribution is 8.01. The van der Waals surface area contributed by atoms with E-state index in [0.717, 1.165) is 10.6 Å². The van der Waals surface area contributed by atoms with Crippen molar-refractivity contribution in [2.45, 2.75) is 10.1 Å². The van der Waals surface area contributed by atoms with Crippen LogP contribution in [0.5, 0.6) is 0 Å². The van der Waals surface area contributed by atoms with E-state index < -0.39 is 0 Å². The Labute approximate surface area is 108 Å². The number of nitrogens with one attached hydrogen (secondary N) is 1. The second kappa shape index (κ2) is 4.70. The third-order valence-electron chi connectivity index (χ3n) is 2.49. The third-order valence-corrected chi connectivity index (χ3v) is 3.68. The van der Waals surface area contributed by atoms with Crippen LogP contribution in [-0.2, 0) is 4.79 Å². The van der Waals surface area contributed by atoms with Gasteiger partial charge in [0.1, 0.15) is 5.25 Å². The van der Waals surface area contributed by atoms with E-state index in [2.05, 4.69) is 10.3 Å². The molecule has 1 aromatic heterocycles. The molecule has 1 amide bonds. The molecule has 0 aliphatic carbocycles. The van der Waals surface area contributed by atoms with Crippen LogP contribution in [0.15, 0.2) is 57.0 Å². The fourth-order valence-electron chi connectivity index (χ4n) is 1.64. The Bertz CT molecular complexity index is 593. The molecular weight excluding hydrogens is 248 g/mol. The van der Waals surface area contributed by atoms with Gasteiger partial charge < -0.3 is 4.42 Å². The van der Waals surface area contributed by atoms with Gasteiger partial charge in [0.05, 0.1) is 12.0 Å². The van der Waals surface area contributed by atoms with Crippen LogP contribution in [0.1, 0.15) is 0 Å². The molecule has 1 aliphatic rings. The molecule has 2 aromatic rings. The van der Waals surface area contributed by atoms with Gasteiger partial charge in [-0.1, -0.05) is 12.1 Å². The van der Waals surface area contributed by atoms with Crippen LogP contribution < -0.4 is 5.32 Å². The van der Waals surface area contributed by atoms with E-state index in [1.165, 1.54) is 18.0 Å². The van der Waals surface area contributed by atoms with E-state index in [4.69, 9.17) is 4.42 Å². The van der Waals surface area contributed by atoms with E-state index in [1.807, 2.05) is 24.3 Å². The van der Waals surface area contributed by atoms with Crippen LogP contribution in [0, 0.1) is 0 Å². The van der Waals surface area contributed by atoms with Crippen molar-refractivity contribution in [3.8, 4) is 0 Å². The predicted octanol–water partition coefficient (Wildman–Crippen LogP) is 3.09. The Kier molecular flexibility index (Phi) is 2.90. The largest absolute Gasteiger partial charge is 0.449 e. The van der Waals surface area contributed by atoms with Gasteiger partial charge in [-0.2, -0.15) is 0 Å². The first-order chi connectivity index (χ1) is 8.83. The number of hydrogen-bond acceptors (Lipinski definition) is 4. The molecule has 0 spiro atoms. The molecule has 18 heavy (non-hydrogen) atoms. The molecule has 0 radical (unpaired) electrons. The van der Waals surface area contributed by atoms with Crippen molar-refractivity contribution in [3.05, 3.63) is 42.7 Å². The lowest BCUT2D eigenvalue weighted by atomic mass is 10.3. The number of aliphatic imine (C=N–C) groups is 1. The van der Waals surface area contributed by atoms with Crippen LogP contribution in [0.4, 0.5) is 11.6 Å². The van der Waals surface area contributed by atoms with E-state index >= 15 is 0 Å². The Morgan fingerprint density at radius 2 is 2.17 bits per heavy atom. The maximum absolute atomic E-state index is 12.0. The summed E-state index contributed by atoms with van der Waals surface area (Å²) in [5.74, 6) is 0.320. The summed E-state index contributed by atoms with van der Waals surface area (Å²) in [6.45, 7) is 0. The zero-order chi connectivity index (χ0) is 12.4. The lowest BCUT2D eigenvalue weighted by molar-refractivity contribution is -0.114. The van der Waals surface area contributed by atoms with Crippen LogP contribution in [0.3, 0.4) is 0 Å². The van der Waals surface area contributed by atoms with E-state index in [0.29, 0.717) is 5.88 Å². The van der Waals surface area contributed by atoms with Gasteiger partial charge in [-0.3, -0.25) is 15.1 Å². The molecule has 2 heterocycles. The van der Waals surface area contributed by atoms with E-state index in [-0.39, 0.29) is 11.2 Å². The number of carbonyl (C=O) groups excluding carboxylic acids is 1. The van der Waals surface area contributed by atoms with Crippen LogP contribution in [0.2, 0.25) is 0 Å². The highest BCUT2D eigenvalue weighted by Gasteiger charge is 2.22. The zero-order valence-corrected chi connectivity index (χ0v) is 10.2. The Hall–Kier alpha value is -2.01. The summed E-state index contributed by atoms with van der Waals surface area (Å²) < 4.78 is 5.08. The molecule has 90 valence electrons. The quantitative estimate of drug-likeness (QED) is 0.900. The minimum absolute atomic E-state index is 0.131. The molecule has 0 bridgehead atoms. The monoisotopic (exact) mass is 258 g/mol. The standard InChI is InChI=1S/C13H10N2O2S/c16-13(15-12-6-3-7-17-12)11-8-14-9-4-1-2-5-10(9)18-11/h1-8,11H,(H,15,16). The minimum atomic E-state index is -0.329. The Balaban J connectivity index is 1.74. The average Bonchev–Trinajstić information content (AvgIpc) is 2.91. The van der Waals surface area contributed by atoms with Crippen LogP contribution in [0.25, 0.3) is 0 Å². The molecule has 1 aliphatic heterocycles. The second-order valence-corrected chi connectivity index (χ2v) is 4.93. The average molecular weight is 258 g/mol. The molecule has 1 N–H and O–H groups in total. The van der Waals surface area contributed by atoms with E-state index in [9.17, 15) is 4.79 Å². The maximum Gasteiger partial charge on any atom is 0.245 e. The molecule has 3 rings (SSSR count). The van der Waals surface area contributed by atoms with Crippen molar-refractivity contribution >= 4 is 35.5 Å². The minimum Gasteiger partial charge on any atom is -0.449 e. The highest BCUT2D eigenvalue weighted by Crippen LogP contribution is 2.35. The first kappa shape index (κ1) is 11.1. The van der Waals surface area contributed by atoms with Gasteiger partial charge in [-0.25, -0.2) is 0 Å². The highest BCUT2D eigenvalue weighted by atomic mass is 32.2. The van der Waals surface area contributed by atoms with Crippen LogP contribution in [-0.4, -0.2) is 17.4 Å². The number of para-hydroxylation sites is 1. The number of hydrogen-bond donors (Lipinski definition) is 1. The SMILES string of the molecule is O=C(Nc1ccco1)C1C=Nc2ccccc2S1. The van der Waals surface area contributed by atoms with Gasteiger partial charge in [0.15, 0.2) is 5.88 Å². The van der Waals surface area contributed by atoms with Crippen molar-refractivity contribution in [2.75, 3.05) is 5.32 Å². The van der Waals surface area contributed by atoms with Gasteiger partial charge in [0.2, 0.25) is 5.91 Å². The molecule has 0 fully saturated rings. The van der Waals surface area contributed by atoms with Crippen molar-refractivity contribution in [2.24, 2.45) is 4.99 Å². The number of anilines is 1. The Morgan fingerprint density at radius 1 is 1.28 bits per heavy atom. The lowest BCUT2D eigenvalue weighted by Crippen LogP contribution is -2.27. The first-order valence-electron chi connectivity index (χ1n) is 5.47. The summed E-state index contributed by atoms with van der Waals surface area (Å²) >= 11 is 1.48. The number of benzene rings is 1. The number of furan rings is 1. The fourth-order valence-corrected chi connectivity index (χ4v) is 2.60. The van der Waals surface area contributed by atoms with Gasteiger partial charge in [-0.15, -0.1) is 11.8 Å². The number of rotatable bonds is 2. The molecule has 0 saturated heterocycles. The molecule has 1 atom stereocenters. The third kappa shape index (κ3) is 2.17. The zero-order valence-electron chi connectivity index (χ0n) is 9.37. The van der Waals surface area contributed by atoms with E-state index in [1.54, 1.807) is 18.3 Å². The fraction of sp³-hybridized carbons (Fsp3) is 0.0769. The lowest BCUT2D eigenvalue weighted by Gasteiger charge is -2.16. The van der Waals surface area contributed by atoms with Crippen molar-refractivity contribution < 1.29 is 9.21 Å². The Morgan fingerprint density at radius 3 is 3.00 bits per heavy atom. The van der Waals surface area contributed by atoms with Crippen molar-refractivity contribution in [1.82, 2.24) is 0 Å². The number of amides is 1. The van der Waals surface area contributed by atoms with Gasteiger partial charge in [0.25, 0.3) is 0 Å². The molecule has 4 nitrogen and oxygen atoms in total. The molecule has 5 heteroatoms. The number of nitrogens with zero attached hydrogens (tertiary/aromatic N) is 1. The summed E-state index contributed by atoms with van der Waals surface area (Å²) in [6.07, 6.45) is 3.18. The molecule has 0 saturated carbocycles. The second-order valence-electron chi connectivity index (χ2n) is 3.75. The molecule has 1 unspecified atom stereocenters. The van der Waals surface area contributed by atoms with Crippen molar-refractivity contribution in [3.63, 3.8) is 0 Å². The summed E-state index contributed by atoms with van der Waals surface area (Å²) in [5, 5.41) is 2.38. The van der Waals surface area contributed by atoms with Crippen LogP contribution >= 0.6 is 11.8 Å². The normalized spacial score (nSPS) is 17.2. The van der Waals surface area contributed by atoms with Gasteiger partial charge >= 0.3 is 0 Å². The maximum atomic E-state index is 12.0. The number of thioether (sulfide) groups is 1. The summed E-state index contributed by atoms with van der Waals surface area (Å²) in [7, 11) is 0. The molecule has 1 aromatic carbocycles. The number of carbonyl (C=O) groups is 1. The topological polar surface area (TPSA) is 54.6 Å². The smallest absolute Gasteiger partial charge is 0.245 e. The summed E-state index contributed by atoms with van der Waals surface area (Å²) in [6, 6.07) is 11.2. The van der Waals surface area contributed by atoms with Crippen molar-refractivity contribution in [1.29, 1.82) is 0 Å². The number of fused-ring (bicyclic) bond motifs is 1. The predicted molar refractivity (Wildman–Crippen MR) is 71.6 cm³/mol. The van der Waals surface area contributed by atoms with Gasteiger partial charge in [-0.05, 0) is 18.2 Å². The first-order valence-corrected chi connectivity index (χ1v) is 6.35. The summed E-state index contributed by atoms with van der Waals surface area (Å²) in [5.41, 5.74) is 0.907. The summed E-state index contributed by atoms with van der Waals surface area (Å²) in [4.78, 5) is 17.3.